The lowest BCUT2D eigenvalue weighted by Crippen LogP contribution is -2.40. The Morgan fingerprint density at radius 1 is 1.36 bits per heavy atom. The van der Waals surface area contributed by atoms with Gasteiger partial charge < -0.3 is 4.74 Å². The Morgan fingerprint density at radius 3 is 2.68 bits per heavy atom. The third kappa shape index (κ3) is 2.04. The van der Waals surface area contributed by atoms with E-state index in [-0.39, 0.29) is 17.8 Å². The number of rotatable bonds is 2. The largest absolute Gasteiger partial charge is 0.464 e. The number of esters is 1. The summed E-state index contributed by atoms with van der Waals surface area (Å²) in [6.45, 7) is 0. The Morgan fingerprint density at radius 2 is 2.05 bits per heavy atom. The first-order valence-corrected chi connectivity index (χ1v) is 6.35. The van der Waals surface area contributed by atoms with E-state index in [4.69, 9.17) is 4.84 Å². The maximum atomic E-state index is 13.0. The van der Waals surface area contributed by atoms with Crippen molar-refractivity contribution in [2.45, 2.75) is 12.0 Å². The summed E-state index contributed by atoms with van der Waals surface area (Å²) in [6.07, 6.45) is 0.958. The zero-order chi connectivity index (χ0) is 15.9. The first kappa shape index (κ1) is 14.2. The van der Waals surface area contributed by atoms with E-state index >= 15 is 0 Å². The van der Waals surface area contributed by atoms with Crippen molar-refractivity contribution in [3.8, 4) is 0 Å². The lowest BCUT2D eigenvalue weighted by atomic mass is 10.0. The molecule has 0 saturated carbocycles. The predicted octanol–water partition coefficient (Wildman–Crippen LogP) is 0.419. The van der Waals surface area contributed by atoms with Crippen LogP contribution in [0.5, 0.6) is 0 Å². The number of hydrogen-bond donors (Lipinski definition) is 1. The standard InChI is InChI=1S/C14H11FN2O5/c1-21-12(19)10-6-14(22-16-10)7-11(18)17(13(14)20)9-4-2-8(15)3-5-9/h2-6,16H,7H2,1H3/t14-/m1/s1. The van der Waals surface area contributed by atoms with Crippen LogP contribution >= 0.6 is 0 Å². The molecular formula is C14H11FN2O5. The zero-order valence-corrected chi connectivity index (χ0v) is 11.5. The maximum Gasteiger partial charge on any atom is 0.356 e. The number of nitrogens with one attached hydrogen (secondary N) is 1. The molecule has 1 spiro atoms. The van der Waals surface area contributed by atoms with Crippen LogP contribution in [0.3, 0.4) is 0 Å². The molecule has 22 heavy (non-hydrogen) atoms. The molecule has 1 fully saturated rings. The smallest absolute Gasteiger partial charge is 0.356 e. The second kappa shape index (κ2) is 4.92. The molecular weight excluding hydrogens is 295 g/mol. The number of imide groups is 1. The molecule has 1 aromatic carbocycles. The second-order valence-corrected chi connectivity index (χ2v) is 4.83. The molecule has 3 rings (SSSR count). The third-order valence-corrected chi connectivity index (χ3v) is 3.44. The Balaban J connectivity index is 1.94. The lowest BCUT2D eigenvalue weighted by molar-refractivity contribution is -0.142. The topological polar surface area (TPSA) is 84.9 Å². The van der Waals surface area contributed by atoms with Gasteiger partial charge in [0.05, 0.1) is 19.2 Å². The highest BCUT2D eigenvalue weighted by Gasteiger charge is 2.56. The van der Waals surface area contributed by atoms with Crippen LogP contribution in [-0.4, -0.2) is 30.5 Å². The van der Waals surface area contributed by atoms with Crippen LogP contribution in [0.4, 0.5) is 10.1 Å². The van der Waals surface area contributed by atoms with Crippen LogP contribution in [0.15, 0.2) is 36.0 Å². The number of hydrogen-bond acceptors (Lipinski definition) is 6. The SMILES string of the molecule is COC(=O)C1=C[C@]2(CC(=O)N(c3ccc(F)cc3)C2=O)ON1. The van der Waals surface area contributed by atoms with Gasteiger partial charge in [0.2, 0.25) is 11.5 Å². The summed E-state index contributed by atoms with van der Waals surface area (Å²) in [5, 5.41) is 0. The number of nitrogens with zero attached hydrogens (tertiary/aromatic N) is 1. The number of anilines is 1. The average Bonchev–Trinajstić information content (AvgIpc) is 3.03. The van der Waals surface area contributed by atoms with Crippen molar-refractivity contribution in [3.05, 3.63) is 41.9 Å². The molecule has 7 nitrogen and oxygen atoms in total. The molecule has 1 aromatic rings. The molecule has 2 heterocycles. The molecule has 8 heteroatoms. The molecule has 0 radical (unpaired) electrons. The van der Waals surface area contributed by atoms with Crippen LogP contribution in [0.1, 0.15) is 6.42 Å². The van der Waals surface area contributed by atoms with E-state index in [0.29, 0.717) is 0 Å². The quantitative estimate of drug-likeness (QED) is 0.629. The number of carbonyl (C=O) groups is 3. The molecule has 2 aliphatic rings. The number of methoxy groups -OCH3 is 1. The van der Waals surface area contributed by atoms with Gasteiger partial charge in [-0.3, -0.25) is 19.9 Å². The van der Waals surface area contributed by atoms with Crippen LogP contribution in [-0.2, 0) is 24.0 Å². The van der Waals surface area contributed by atoms with Crippen LogP contribution in [0, 0.1) is 5.82 Å². The highest BCUT2D eigenvalue weighted by atomic mass is 19.1. The number of carbonyl (C=O) groups excluding carboxylic acids is 3. The fraction of sp³-hybridized carbons (Fsp3) is 0.214. The minimum absolute atomic E-state index is 0.0513. The van der Waals surface area contributed by atoms with Crippen LogP contribution < -0.4 is 10.4 Å². The monoisotopic (exact) mass is 306 g/mol. The van der Waals surface area contributed by atoms with Gasteiger partial charge in [-0.05, 0) is 30.3 Å². The van der Waals surface area contributed by atoms with Crippen molar-refractivity contribution >= 4 is 23.5 Å². The predicted molar refractivity (Wildman–Crippen MR) is 70.6 cm³/mol. The molecule has 0 aromatic heterocycles. The van der Waals surface area contributed by atoms with Crippen molar-refractivity contribution in [1.82, 2.24) is 5.48 Å². The van der Waals surface area contributed by atoms with Crippen molar-refractivity contribution in [2.75, 3.05) is 12.0 Å². The van der Waals surface area contributed by atoms with Gasteiger partial charge in [-0.1, -0.05) is 0 Å². The lowest BCUT2D eigenvalue weighted by Gasteiger charge is -2.18. The first-order valence-electron chi connectivity index (χ1n) is 6.35. The van der Waals surface area contributed by atoms with Crippen molar-refractivity contribution in [2.24, 2.45) is 0 Å². The summed E-state index contributed by atoms with van der Waals surface area (Å²) in [5.41, 5.74) is 0.893. The minimum Gasteiger partial charge on any atom is -0.464 e. The summed E-state index contributed by atoms with van der Waals surface area (Å²) in [5.74, 6) is -2.36. The molecule has 1 N–H and O–H groups in total. The van der Waals surface area contributed by atoms with Crippen molar-refractivity contribution in [3.63, 3.8) is 0 Å². The Kier molecular flexibility index (Phi) is 3.18. The summed E-state index contributed by atoms with van der Waals surface area (Å²) in [4.78, 5) is 42.2. The van der Waals surface area contributed by atoms with Crippen molar-refractivity contribution < 1.29 is 28.3 Å². The first-order chi connectivity index (χ1) is 10.5. The molecule has 1 saturated heterocycles. The number of hydroxylamine groups is 1. The Bertz CT molecular complexity index is 700. The second-order valence-electron chi connectivity index (χ2n) is 4.83. The number of ether oxygens (including phenoxy) is 1. The molecule has 114 valence electrons. The highest BCUT2D eigenvalue weighted by molar-refractivity contribution is 6.25. The van der Waals surface area contributed by atoms with Gasteiger partial charge in [-0.15, -0.1) is 0 Å². The van der Waals surface area contributed by atoms with Crippen LogP contribution in [0.25, 0.3) is 0 Å². The van der Waals surface area contributed by atoms with E-state index in [1.807, 2.05) is 0 Å². The van der Waals surface area contributed by atoms with E-state index in [9.17, 15) is 18.8 Å². The molecule has 2 amide bonds. The fourth-order valence-electron chi connectivity index (χ4n) is 2.37. The van der Waals surface area contributed by atoms with Gasteiger partial charge in [0, 0.05) is 0 Å². The van der Waals surface area contributed by atoms with E-state index in [2.05, 4.69) is 10.2 Å². The van der Waals surface area contributed by atoms with E-state index < -0.39 is 29.2 Å². The maximum absolute atomic E-state index is 13.0. The normalized spacial score (nSPS) is 23.7. The summed E-state index contributed by atoms with van der Waals surface area (Å²) in [7, 11) is 1.18. The fourth-order valence-corrected chi connectivity index (χ4v) is 2.37. The summed E-state index contributed by atoms with van der Waals surface area (Å²) in [6, 6.07) is 4.92. The highest BCUT2D eigenvalue weighted by Crippen LogP contribution is 2.36. The molecule has 0 bridgehead atoms. The van der Waals surface area contributed by atoms with E-state index in [1.165, 1.54) is 25.3 Å². The number of halogens is 1. The van der Waals surface area contributed by atoms with E-state index in [1.54, 1.807) is 0 Å². The van der Waals surface area contributed by atoms with Gasteiger partial charge in [0.1, 0.15) is 11.5 Å². The number of amides is 2. The third-order valence-electron chi connectivity index (χ3n) is 3.44. The van der Waals surface area contributed by atoms with Gasteiger partial charge in [0.15, 0.2) is 0 Å². The summed E-state index contributed by atoms with van der Waals surface area (Å²) < 4.78 is 17.5. The summed E-state index contributed by atoms with van der Waals surface area (Å²) >= 11 is 0. The molecule has 0 unspecified atom stereocenters. The van der Waals surface area contributed by atoms with Gasteiger partial charge >= 0.3 is 5.97 Å². The van der Waals surface area contributed by atoms with Gasteiger partial charge in [0.25, 0.3) is 5.91 Å². The zero-order valence-electron chi connectivity index (χ0n) is 11.5. The average molecular weight is 306 g/mol. The Labute approximate surface area is 124 Å². The van der Waals surface area contributed by atoms with Gasteiger partial charge in [-0.2, -0.15) is 0 Å². The number of benzene rings is 1. The van der Waals surface area contributed by atoms with Gasteiger partial charge in [-0.25, -0.2) is 14.1 Å². The molecule has 1 atom stereocenters. The minimum atomic E-state index is -1.59. The van der Waals surface area contributed by atoms with E-state index in [0.717, 1.165) is 17.0 Å². The Hall–Kier alpha value is -2.74. The molecule has 2 aliphatic heterocycles. The van der Waals surface area contributed by atoms with Crippen molar-refractivity contribution in [1.29, 1.82) is 0 Å². The van der Waals surface area contributed by atoms with Crippen LogP contribution in [0.2, 0.25) is 0 Å². The molecule has 0 aliphatic carbocycles.